The number of ether oxygens (including phenoxy) is 1. The molecule has 1 aromatic rings. The summed E-state index contributed by atoms with van der Waals surface area (Å²) in [5, 5.41) is 12.5. The molecule has 0 fully saturated rings. The zero-order valence-corrected chi connectivity index (χ0v) is 14.8. The van der Waals surface area contributed by atoms with Crippen LogP contribution in [0.4, 0.5) is 9.18 Å². The van der Waals surface area contributed by atoms with Crippen molar-refractivity contribution in [2.45, 2.75) is 46.1 Å². The lowest BCUT2D eigenvalue weighted by atomic mass is 9.80. The van der Waals surface area contributed by atoms with Gasteiger partial charge in [0.2, 0.25) is 0 Å². The summed E-state index contributed by atoms with van der Waals surface area (Å²) in [5.74, 6) is -0.493. The van der Waals surface area contributed by atoms with Crippen molar-refractivity contribution in [3.8, 4) is 0 Å². The van der Waals surface area contributed by atoms with Gasteiger partial charge in [0.15, 0.2) is 0 Å². The normalized spacial score (nSPS) is 14.2. The summed E-state index contributed by atoms with van der Waals surface area (Å²) < 4.78 is 18.8. The Morgan fingerprint density at radius 1 is 1.39 bits per heavy atom. The van der Waals surface area contributed by atoms with Gasteiger partial charge in [-0.3, -0.25) is 0 Å². The molecule has 0 bridgehead atoms. The smallest absolute Gasteiger partial charge is 0.407 e. The molecule has 0 aliphatic heterocycles. The highest BCUT2D eigenvalue weighted by molar-refractivity contribution is 6.30. The van der Waals surface area contributed by atoms with Gasteiger partial charge >= 0.3 is 6.09 Å². The first kappa shape index (κ1) is 19.7. The molecule has 4 nitrogen and oxygen atoms in total. The van der Waals surface area contributed by atoms with Gasteiger partial charge in [-0.15, -0.1) is 0 Å². The van der Waals surface area contributed by atoms with Gasteiger partial charge in [0, 0.05) is 12.0 Å². The molecule has 1 amide bonds. The SMILES string of the molecule is CCC(CO)(CNC(=O)OC(C)(C)C)Cc1ccc(Cl)c(F)c1. The highest BCUT2D eigenvalue weighted by atomic mass is 35.5. The maximum atomic E-state index is 13.6. The van der Waals surface area contributed by atoms with Crippen molar-refractivity contribution in [1.82, 2.24) is 5.32 Å². The molecule has 130 valence electrons. The second-order valence-electron chi connectivity index (χ2n) is 6.79. The van der Waals surface area contributed by atoms with Crippen molar-refractivity contribution < 1.29 is 19.0 Å². The van der Waals surface area contributed by atoms with E-state index in [9.17, 15) is 14.3 Å². The fourth-order valence-electron chi connectivity index (χ4n) is 2.19. The van der Waals surface area contributed by atoms with E-state index in [-0.39, 0.29) is 18.2 Å². The van der Waals surface area contributed by atoms with Crippen molar-refractivity contribution >= 4 is 17.7 Å². The van der Waals surface area contributed by atoms with Crippen LogP contribution >= 0.6 is 11.6 Å². The van der Waals surface area contributed by atoms with Gasteiger partial charge in [-0.1, -0.05) is 24.6 Å². The summed E-state index contributed by atoms with van der Waals surface area (Å²) in [6.07, 6.45) is 0.499. The fourth-order valence-corrected chi connectivity index (χ4v) is 2.31. The predicted octanol–water partition coefficient (Wildman–Crippen LogP) is 3.94. The molecule has 6 heteroatoms. The van der Waals surface area contributed by atoms with Gasteiger partial charge in [0.05, 0.1) is 11.6 Å². The first-order chi connectivity index (χ1) is 10.6. The Hall–Kier alpha value is -1.33. The largest absolute Gasteiger partial charge is 0.444 e. The topological polar surface area (TPSA) is 58.6 Å². The number of nitrogens with one attached hydrogen (secondary N) is 1. The van der Waals surface area contributed by atoms with Gasteiger partial charge in [-0.05, 0) is 51.3 Å². The molecule has 0 heterocycles. The summed E-state index contributed by atoms with van der Waals surface area (Å²) in [5.41, 5.74) is -0.455. The highest BCUT2D eigenvalue weighted by Crippen LogP contribution is 2.28. The lowest BCUT2D eigenvalue weighted by Gasteiger charge is -2.31. The molecule has 0 saturated heterocycles. The summed E-state index contributed by atoms with van der Waals surface area (Å²) in [6, 6.07) is 4.57. The van der Waals surface area contributed by atoms with Crippen molar-refractivity contribution in [3.63, 3.8) is 0 Å². The third kappa shape index (κ3) is 6.36. The Balaban J connectivity index is 2.78. The third-order valence-electron chi connectivity index (χ3n) is 3.66. The van der Waals surface area contributed by atoms with Gasteiger partial charge in [0.25, 0.3) is 0 Å². The Kier molecular flexibility index (Phi) is 6.84. The van der Waals surface area contributed by atoms with Gasteiger partial charge in [-0.2, -0.15) is 0 Å². The van der Waals surface area contributed by atoms with Crippen molar-refractivity contribution in [2.24, 2.45) is 5.41 Å². The molecule has 1 aromatic carbocycles. The van der Waals surface area contributed by atoms with Crippen LogP contribution in [-0.2, 0) is 11.2 Å². The van der Waals surface area contributed by atoms with E-state index in [1.165, 1.54) is 12.1 Å². The van der Waals surface area contributed by atoms with E-state index in [0.29, 0.717) is 18.4 Å². The number of aliphatic hydroxyl groups is 1. The molecule has 0 aliphatic rings. The van der Waals surface area contributed by atoms with Crippen LogP contribution in [0.1, 0.15) is 39.7 Å². The molecule has 23 heavy (non-hydrogen) atoms. The zero-order chi connectivity index (χ0) is 17.7. The number of rotatable bonds is 6. The molecule has 0 radical (unpaired) electrons. The van der Waals surface area contributed by atoms with Crippen LogP contribution in [0.25, 0.3) is 0 Å². The van der Waals surface area contributed by atoms with Crippen LogP contribution in [0.2, 0.25) is 5.02 Å². The molecule has 1 rings (SSSR count). The molecule has 2 N–H and O–H groups in total. The number of benzene rings is 1. The van der Waals surface area contributed by atoms with Crippen LogP contribution in [-0.4, -0.2) is 30.0 Å². The quantitative estimate of drug-likeness (QED) is 0.821. The lowest BCUT2D eigenvalue weighted by Crippen LogP contribution is -2.43. The summed E-state index contributed by atoms with van der Waals surface area (Å²) >= 11 is 5.69. The second kappa shape index (κ2) is 7.97. The predicted molar refractivity (Wildman–Crippen MR) is 89.2 cm³/mol. The average molecular weight is 346 g/mol. The van der Waals surface area contributed by atoms with E-state index < -0.39 is 22.9 Å². The Morgan fingerprint density at radius 3 is 2.52 bits per heavy atom. The first-order valence-corrected chi connectivity index (χ1v) is 8.00. The second-order valence-corrected chi connectivity index (χ2v) is 7.20. The summed E-state index contributed by atoms with van der Waals surface area (Å²) in [7, 11) is 0. The fraction of sp³-hybridized carbons (Fsp3) is 0.588. The average Bonchev–Trinajstić information content (AvgIpc) is 2.45. The number of carbonyl (C=O) groups is 1. The molecular weight excluding hydrogens is 321 g/mol. The maximum Gasteiger partial charge on any atom is 0.407 e. The van der Waals surface area contributed by atoms with Crippen LogP contribution in [0, 0.1) is 11.2 Å². The number of hydrogen-bond acceptors (Lipinski definition) is 3. The Labute approximate surface area is 142 Å². The summed E-state index contributed by atoms with van der Waals surface area (Å²) in [4.78, 5) is 11.8. The molecule has 1 atom stereocenters. The number of carbonyl (C=O) groups excluding carboxylic acids is 1. The number of aliphatic hydroxyl groups excluding tert-OH is 1. The van der Waals surface area contributed by atoms with Crippen molar-refractivity contribution in [2.75, 3.05) is 13.2 Å². The minimum Gasteiger partial charge on any atom is -0.444 e. The number of hydrogen-bond donors (Lipinski definition) is 2. The summed E-state index contributed by atoms with van der Waals surface area (Å²) in [6.45, 7) is 7.36. The maximum absolute atomic E-state index is 13.6. The van der Waals surface area contributed by atoms with Crippen LogP contribution < -0.4 is 5.32 Å². The van der Waals surface area contributed by atoms with Gasteiger partial charge < -0.3 is 15.2 Å². The molecule has 0 saturated carbocycles. The molecule has 0 spiro atoms. The highest BCUT2D eigenvalue weighted by Gasteiger charge is 2.29. The molecule has 1 unspecified atom stereocenters. The van der Waals surface area contributed by atoms with E-state index in [1.54, 1.807) is 26.8 Å². The van der Waals surface area contributed by atoms with E-state index in [0.717, 1.165) is 0 Å². The van der Waals surface area contributed by atoms with E-state index >= 15 is 0 Å². The monoisotopic (exact) mass is 345 g/mol. The van der Waals surface area contributed by atoms with Gasteiger partial charge in [0.1, 0.15) is 11.4 Å². The lowest BCUT2D eigenvalue weighted by molar-refractivity contribution is 0.0461. The third-order valence-corrected chi connectivity index (χ3v) is 3.96. The van der Waals surface area contributed by atoms with Crippen molar-refractivity contribution in [3.05, 3.63) is 34.6 Å². The van der Waals surface area contributed by atoms with E-state index in [4.69, 9.17) is 16.3 Å². The van der Waals surface area contributed by atoms with Crippen LogP contribution in [0.3, 0.4) is 0 Å². The number of halogens is 2. The van der Waals surface area contributed by atoms with Crippen molar-refractivity contribution in [1.29, 1.82) is 0 Å². The van der Waals surface area contributed by atoms with E-state index in [2.05, 4.69) is 5.32 Å². The molecule has 0 aliphatic carbocycles. The zero-order valence-electron chi connectivity index (χ0n) is 14.1. The number of alkyl carbamates (subject to hydrolysis) is 1. The standard InChI is InChI=1S/C17H25ClFNO3/c1-5-17(11-21,10-20-15(22)23-16(2,3)4)9-12-6-7-13(18)14(19)8-12/h6-8,21H,5,9-11H2,1-4H3,(H,20,22). The molecular formula is C17H25ClFNO3. The van der Waals surface area contributed by atoms with E-state index in [1.807, 2.05) is 6.92 Å². The Bertz CT molecular complexity index is 539. The molecule has 0 aromatic heterocycles. The van der Waals surface area contributed by atoms with Crippen LogP contribution in [0.15, 0.2) is 18.2 Å². The first-order valence-electron chi connectivity index (χ1n) is 7.62. The Morgan fingerprint density at radius 2 is 2.04 bits per heavy atom. The minimum atomic E-state index is -0.586. The van der Waals surface area contributed by atoms with Gasteiger partial charge in [-0.25, -0.2) is 9.18 Å². The van der Waals surface area contributed by atoms with Crippen LogP contribution in [0.5, 0.6) is 0 Å². The number of amides is 1. The minimum absolute atomic E-state index is 0.0618.